The lowest BCUT2D eigenvalue weighted by molar-refractivity contribution is -0.221. The molecule has 18 heteroatoms. The van der Waals surface area contributed by atoms with Crippen molar-refractivity contribution in [1.82, 2.24) is 35.1 Å². The number of amides is 2. The zero-order valence-electron chi connectivity index (χ0n) is 21.7. The van der Waals surface area contributed by atoms with Crippen molar-refractivity contribution >= 4 is 23.1 Å². The minimum atomic E-state index is -4.87. The number of nitrogen functional groups attached to an aromatic ring is 1. The first-order valence-corrected chi connectivity index (χ1v) is 12.4. The summed E-state index contributed by atoms with van der Waals surface area (Å²) < 4.78 is 104. The van der Waals surface area contributed by atoms with E-state index in [1.807, 2.05) is 0 Å². The standard InChI is InChI=1S/C24H23F7N8O3/c1-42-20-12(4-11(6-34-20)16-5-13(23(26,27)28)17-18(32)35-10-36-39(16)17)19(40)37-15-8-38(7-14(15)25)21(41)22(24(29,30)31)2-3-33-9-22/h4-6,10,14-15,33H,2-3,7-9H2,1H3,(H,37,40)(H2,32,35,36)/t14-,15+,22?/m0/s1. The zero-order chi connectivity index (χ0) is 30.6. The number of ether oxygens (including phenoxy) is 1. The van der Waals surface area contributed by atoms with Crippen molar-refractivity contribution in [2.75, 3.05) is 39.0 Å². The van der Waals surface area contributed by atoms with Crippen LogP contribution in [0.5, 0.6) is 5.88 Å². The molecule has 3 aromatic rings. The normalized spacial score (nSPS) is 23.0. The predicted molar refractivity (Wildman–Crippen MR) is 131 cm³/mol. The van der Waals surface area contributed by atoms with Crippen molar-refractivity contribution in [2.45, 2.75) is 31.0 Å². The van der Waals surface area contributed by atoms with Crippen molar-refractivity contribution < 1.29 is 45.1 Å². The van der Waals surface area contributed by atoms with Crippen LogP contribution >= 0.6 is 0 Å². The highest BCUT2D eigenvalue weighted by Crippen LogP contribution is 2.45. The first-order valence-electron chi connectivity index (χ1n) is 12.4. The van der Waals surface area contributed by atoms with Crippen molar-refractivity contribution in [3.8, 4) is 17.1 Å². The molecule has 11 nitrogen and oxygen atoms in total. The van der Waals surface area contributed by atoms with Crippen LogP contribution in [-0.2, 0) is 11.0 Å². The molecule has 2 aliphatic heterocycles. The van der Waals surface area contributed by atoms with Crippen LogP contribution in [0.4, 0.5) is 36.6 Å². The van der Waals surface area contributed by atoms with E-state index in [9.17, 15) is 40.3 Å². The van der Waals surface area contributed by atoms with Gasteiger partial charge in [0.2, 0.25) is 11.8 Å². The number of hydrogen-bond acceptors (Lipinski definition) is 8. The predicted octanol–water partition coefficient (Wildman–Crippen LogP) is 2.22. The Morgan fingerprint density at radius 2 is 1.90 bits per heavy atom. The van der Waals surface area contributed by atoms with Gasteiger partial charge in [-0.3, -0.25) is 9.59 Å². The molecule has 5 heterocycles. The molecule has 2 saturated heterocycles. The summed E-state index contributed by atoms with van der Waals surface area (Å²) in [6.07, 6.45) is -10.0. The fourth-order valence-corrected chi connectivity index (χ4v) is 5.26. The molecule has 2 aliphatic rings. The Kier molecular flexibility index (Phi) is 7.14. The average molecular weight is 604 g/mol. The van der Waals surface area contributed by atoms with Gasteiger partial charge in [0.1, 0.15) is 23.6 Å². The van der Waals surface area contributed by atoms with Gasteiger partial charge >= 0.3 is 12.4 Å². The molecule has 0 aromatic carbocycles. The molecule has 0 saturated carbocycles. The number of anilines is 1. The number of nitrogens with one attached hydrogen (secondary N) is 2. The van der Waals surface area contributed by atoms with Crippen molar-refractivity contribution in [1.29, 1.82) is 0 Å². The van der Waals surface area contributed by atoms with Gasteiger partial charge in [0.25, 0.3) is 5.91 Å². The number of alkyl halides is 7. The Hall–Kier alpha value is -4.22. The summed E-state index contributed by atoms with van der Waals surface area (Å²) in [5.41, 5.74) is 0.828. The van der Waals surface area contributed by atoms with E-state index in [2.05, 4.69) is 25.7 Å². The van der Waals surface area contributed by atoms with E-state index in [4.69, 9.17) is 10.5 Å². The van der Waals surface area contributed by atoms with Crippen LogP contribution in [0.1, 0.15) is 22.3 Å². The number of aromatic nitrogens is 4. The summed E-state index contributed by atoms with van der Waals surface area (Å²) >= 11 is 0. The fraction of sp³-hybridized carbons (Fsp3) is 0.458. The molecule has 42 heavy (non-hydrogen) atoms. The number of nitrogens with zero attached hydrogens (tertiary/aromatic N) is 5. The van der Waals surface area contributed by atoms with Crippen LogP contribution in [0.15, 0.2) is 24.7 Å². The van der Waals surface area contributed by atoms with Crippen LogP contribution in [0, 0.1) is 5.41 Å². The van der Waals surface area contributed by atoms with E-state index in [0.717, 1.165) is 34.1 Å². The third-order valence-electron chi connectivity index (χ3n) is 7.43. The van der Waals surface area contributed by atoms with E-state index < -0.39 is 84.7 Å². The highest BCUT2D eigenvalue weighted by Gasteiger charge is 2.63. The van der Waals surface area contributed by atoms with Crippen LogP contribution in [0.25, 0.3) is 16.8 Å². The van der Waals surface area contributed by atoms with E-state index in [-0.39, 0.29) is 29.2 Å². The molecule has 3 atom stereocenters. The van der Waals surface area contributed by atoms with Gasteiger partial charge in [-0.05, 0) is 25.1 Å². The molecule has 1 unspecified atom stereocenters. The van der Waals surface area contributed by atoms with E-state index >= 15 is 0 Å². The molecular formula is C24H23F7N8O3. The molecule has 0 radical (unpaired) electrons. The van der Waals surface area contributed by atoms with Crippen LogP contribution < -0.4 is 21.1 Å². The topological polar surface area (TPSA) is 140 Å². The molecule has 226 valence electrons. The summed E-state index contributed by atoms with van der Waals surface area (Å²) in [6.45, 7) is -1.89. The summed E-state index contributed by atoms with van der Waals surface area (Å²) in [5, 5.41) is 8.71. The zero-order valence-corrected chi connectivity index (χ0v) is 21.7. The van der Waals surface area contributed by atoms with Gasteiger partial charge in [0.15, 0.2) is 11.2 Å². The number of halogens is 7. The second-order valence-corrected chi connectivity index (χ2v) is 9.94. The minimum Gasteiger partial charge on any atom is -0.480 e. The molecule has 2 amide bonds. The first kappa shape index (κ1) is 29.3. The summed E-state index contributed by atoms with van der Waals surface area (Å²) in [4.78, 5) is 34.5. The third-order valence-corrected chi connectivity index (χ3v) is 7.43. The van der Waals surface area contributed by atoms with E-state index in [1.165, 1.54) is 7.11 Å². The van der Waals surface area contributed by atoms with E-state index in [0.29, 0.717) is 0 Å². The lowest BCUT2D eigenvalue weighted by atomic mass is 9.84. The number of nitrogens with two attached hydrogens (primary N) is 1. The number of rotatable bonds is 5. The largest absolute Gasteiger partial charge is 0.480 e. The Balaban J connectivity index is 1.43. The molecule has 0 spiro atoms. The molecule has 3 aromatic heterocycles. The molecular weight excluding hydrogens is 581 g/mol. The second kappa shape index (κ2) is 10.2. The van der Waals surface area contributed by atoms with Crippen LogP contribution in [-0.4, -0.2) is 88.0 Å². The van der Waals surface area contributed by atoms with Gasteiger partial charge in [0, 0.05) is 24.8 Å². The molecule has 4 N–H and O–H groups in total. The second-order valence-electron chi connectivity index (χ2n) is 9.94. The average Bonchev–Trinajstić information content (AvgIpc) is 3.66. The van der Waals surface area contributed by atoms with Gasteiger partial charge < -0.3 is 26.0 Å². The molecule has 2 fully saturated rings. The third kappa shape index (κ3) is 4.82. The number of carbonyl (C=O) groups excluding carboxylic acids is 2. The van der Waals surface area contributed by atoms with Gasteiger partial charge in [-0.25, -0.2) is 18.9 Å². The van der Waals surface area contributed by atoms with Crippen molar-refractivity contribution in [2.24, 2.45) is 5.41 Å². The van der Waals surface area contributed by atoms with Crippen LogP contribution in [0.3, 0.4) is 0 Å². The number of carbonyl (C=O) groups is 2. The first-order chi connectivity index (χ1) is 19.7. The SMILES string of the molecule is COc1ncc(-c2cc(C(F)(F)F)c3c(N)ncnn23)cc1C(=O)N[C@@H]1CN(C(=O)C2(C(F)(F)F)CCNC2)C[C@@H]1F. The van der Waals surface area contributed by atoms with Crippen molar-refractivity contribution in [3.63, 3.8) is 0 Å². The van der Waals surface area contributed by atoms with Gasteiger partial charge in [0.05, 0.1) is 31.0 Å². The Labute approximate surface area is 232 Å². The Morgan fingerprint density at radius 1 is 1.17 bits per heavy atom. The number of methoxy groups -OCH3 is 1. The summed E-state index contributed by atoms with van der Waals surface area (Å²) in [6, 6.07) is 0.501. The van der Waals surface area contributed by atoms with Crippen LogP contribution in [0.2, 0.25) is 0 Å². The number of pyridine rings is 1. The molecule has 0 aliphatic carbocycles. The Morgan fingerprint density at radius 3 is 2.52 bits per heavy atom. The minimum absolute atomic E-state index is 0.0228. The maximum atomic E-state index is 14.9. The van der Waals surface area contributed by atoms with Gasteiger partial charge in [-0.1, -0.05) is 0 Å². The maximum Gasteiger partial charge on any atom is 0.418 e. The van der Waals surface area contributed by atoms with Crippen molar-refractivity contribution in [3.05, 3.63) is 35.8 Å². The number of likely N-dealkylation sites (tertiary alicyclic amines) is 1. The quantitative estimate of drug-likeness (QED) is 0.377. The lowest BCUT2D eigenvalue weighted by Crippen LogP contribution is -2.53. The molecule has 0 bridgehead atoms. The van der Waals surface area contributed by atoms with Gasteiger partial charge in [-0.15, -0.1) is 0 Å². The van der Waals surface area contributed by atoms with E-state index in [1.54, 1.807) is 0 Å². The smallest absolute Gasteiger partial charge is 0.418 e. The maximum absolute atomic E-state index is 14.9. The molecule has 5 rings (SSSR count). The summed E-state index contributed by atoms with van der Waals surface area (Å²) in [7, 11) is 1.17. The number of fused-ring (bicyclic) bond motifs is 1. The lowest BCUT2D eigenvalue weighted by Gasteiger charge is -2.33. The Bertz CT molecular complexity index is 1530. The van der Waals surface area contributed by atoms with Gasteiger partial charge in [-0.2, -0.15) is 31.4 Å². The summed E-state index contributed by atoms with van der Waals surface area (Å²) in [5.74, 6) is -2.99. The highest BCUT2D eigenvalue weighted by molar-refractivity contribution is 5.98. The number of hydrogen-bond donors (Lipinski definition) is 3. The fourth-order valence-electron chi connectivity index (χ4n) is 5.26. The monoisotopic (exact) mass is 604 g/mol. The highest BCUT2D eigenvalue weighted by atomic mass is 19.4.